The van der Waals surface area contributed by atoms with E-state index in [-0.39, 0.29) is 18.0 Å². The molecular weight excluding hydrogens is 330 g/mol. The summed E-state index contributed by atoms with van der Waals surface area (Å²) in [6.45, 7) is 9.43. The van der Waals surface area contributed by atoms with Crippen LogP contribution in [0.2, 0.25) is 0 Å². The molecule has 0 saturated carbocycles. The third-order valence-electron chi connectivity index (χ3n) is 5.04. The molecule has 0 radical (unpaired) electrons. The minimum absolute atomic E-state index is 0.0127. The lowest BCUT2D eigenvalue weighted by molar-refractivity contribution is -0.126. The molecular formula is C20H27N3OS. The number of benzene rings is 1. The molecule has 0 spiro atoms. The molecule has 2 aromatic rings. The van der Waals surface area contributed by atoms with E-state index < -0.39 is 0 Å². The van der Waals surface area contributed by atoms with Crippen LogP contribution in [0.4, 0.5) is 0 Å². The predicted octanol–water partition coefficient (Wildman–Crippen LogP) is 4.17. The number of aromatic nitrogens is 1. The number of nitrogens with one attached hydrogen (secondary N) is 1. The highest BCUT2D eigenvalue weighted by Gasteiger charge is 2.32. The molecule has 1 N–H and O–H groups in total. The van der Waals surface area contributed by atoms with Crippen molar-refractivity contribution in [3.63, 3.8) is 0 Å². The number of amides is 1. The number of likely N-dealkylation sites (tertiary alicyclic amines) is 1. The van der Waals surface area contributed by atoms with Crippen molar-refractivity contribution in [2.75, 3.05) is 6.54 Å². The van der Waals surface area contributed by atoms with Crippen molar-refractivity contribution in [2.24, 2.45) is 0 Å². The second-order valence-corrected chi connectivity index (χ2v) is 7.96. The summed E-state index contributed by atoms with van der Waals surface area (Å²) in [6, 6.07) is 8.89. The lowest BCUT2D eigenvalue weighted by Gasteiger charge is -2.28. The van der Waals surface area contributed by atoms with Crippen molar-refractivity contribution in [1.82, 2.24) is 15.2 Å². The molecule has 1 aliphatic rings. The molecule has 1 saturated heterocycles. The highest BCUT2D eigenvalue weighted by atomic mass is 32.1. The van der Waals surface area contributed by atoms with Gasteiger partial charge in [-0.05, 0) is 58.2 Å². The first-order valence-corrected chi connectivity index (χ1v) is 9.92. The molecule has 1 aliphatic heterocycles. The van der Waals surface area contributed by atoms with Gasteiger partial charge in [-0.1, -0.05) is 24.3 Å². The zero-order valence-electron chi connectivity index (χ0n) is 15.5. The van der Waals surface area contributed by atoms with Crippen LogP contribution < -0.4 is 5.32 Å². The number of rotatable bonds is 5. The number of hydrogen-bond acceptors (Lipinski definition) is 4. The van der Waals surface area contributed by atoms with Crippen molar-refractivity contribution < 1.29 is 4.79 Å². The Hall–Kier alpha value is -1.72. The Labute approximate surface area is 154 Å². The molecule has 0 bridgehead atoms. The van der Waals surface area contributed by atoms with Gasteiger partial charge in [0.2, 0.25) is 5.91 Å². The molecule has 5 heteroatoms. The number of aryl methyl sites for hydroxylation is 1. The average molecular weight is 358 g/mol. The van der Waals surface area contributed by atoms with E-state index in [1.54, 1.807) is 11.3 Å². The number of thiazole rings is 1. The second-order valence-electron chi connectivity index (χ2n) is 7.11. The zero-order valence-corrected chi connectivity index (χ0v) is 16.3. The fraction of sp³-hybridized carbons (Fsp3) is 0.500. The second kappa shape index (κ2) is 7.67. The molecule has 2 atom stereocenters. The lowest BCUT2D eigenvalue weighted by atomic mass is 10.0. The summed E-state index contributed by atoms with van der Waals surface area (Å²) < 4.78 is 0. The van der Waals surface area contributed by atoms with Gasteiger partial charge in [0.1, 0.15) is 0 Å². The molecule has 1 unspecified atom stereocenters. The summed E-state index contributed by atoms with van der Waals surface area (Å²) in [7, 11) is 0. The molecule has 1 fully saturated rings. The van der Waals surface area contributed by atoms with Gasteiger partial charge in [0.15, 0.2) is 0 Å². The van der Waals surface area contributed by atoms with Crippen LogP contribution >= 0.6 is 11.3 Å². The molecule has 2 heterocycles. The quantitative estimate of drug-likeness (QED) is 0.873. The number of hydrogen-bond donors (Lipinski definition) is 1. The Kier molecular flexibility index (Phi) is 5.54. The highest BCUT2D eigenvalue weighted by Crippen LogP contribution is 2.28. The van der Waals surface area contributed by atoms with E-state index in [0.29, 0.717) is 6.04 Å². The van der Waals surface area contributed by atoms with E-state index in [2.05, 4.69) is 60.2 Å². The maximum absolute atomic E-state index is 12.7. The van der Waals surface area contributed by atoms with E-state index in [9.17, 15) is 4.79 Å². The minimum atomic E-state index is 0.0127. The van der Waals surface area contributed by atoms with Gasteiger partial charge in [0, 0.05) is 6.04 Å². The van der Waals surface area contributed by atoms with Gasteiger partial charge < -0.3 is 5.32 Å². The molecule has 4 nitrogen and oxygen atoms in total. The number of nitrogens with zero attached hydrogens (tertiary/aromatic N) is 2. The Balaban J connectivity index is 1.66. The average Bonchev–Trinajstić information content (AvgIpc) is 3.23. The lowest BCUT2D eigenvalue weighted by Crippen LogP contribution is -2.46. The third kappa shape index (κ3) is 3.93. The van der Waals surface area contributed by atoms with Crippen molar-refractivity contribution in [1.29, 1.82) is 0 Å². The fourth-order valence-electron chi connectivity index (χ4n) is 3.58. The van der Waals surface area contributed by atoms with Crippen LogP contribution in [0, 0.1) is 6.92 Å². The van der Waals surface area contributed by atoms with Crippen molar-refractivity contribution in [2.45, 2.75) is 58.7 Å². The zero-order chi connectivity index (χ0) is 18.0. The molecule has 1 amide bonds. The maximum Gasteiger partial charge on any atom is 0.237 e. The largest absolute Gasteiger partial charge is 0.348 e. The Bertz CT molecular complexity index is 723. The van der Waals surface area contributed by atoms with Crippen LogP contribution in [0.3, 0.4) is 0 Å². The summed E-state index contributed by atoms with van der Waals surface area (Å²) in [5.41, 5.74) is 5.26. The first-order valence-electron chi connectivity index (χ1n) is 9.04. The van der Waals surface area contributed by atoms with Gasteiger partial charge >= 0.3 is 0 Å². The standard InChI is InChI=1S/C20H27N3OS/c1-13(2)23-11-5-6-18(23)20(24)22-14(3)16-7-9-17(10-8-16)19-15(4)21-12-25-19/h7-10,12-14,18H,5-6,11H2,1-4H3,(H,22,24)/t14?,18-/m0/s1. The first-order chi connectivity index (χ1) is 12.0. The summed E-state index contributed by atoms with van der Waals surface area (Å²) >= 11 is 1.66. The van der Waals surface area contributed by atoms with E-state index in [1.807, 2.05) is 12.4 Å². The van der Waals surface area contributed by atoms with Crippen LogP contribution in [-0.2, 0) is 4.79 Å². The van der Waals surface area contributed by atoms with Crippen LogP contribution in [0.15, 0.2) is 29.8 Å². The van der Waals surface area contributed by atoms with Crippen LogP contribution in [-0.4, -0.2) is 34.4 Å². The Morgan fingerprint density at radius 1 is 1.28 bits per heavy atom. The van der Waals surface area contributed by atoms with Gasteiger partial charge in [-0.2, -0.15) is 0 Å². The Morgan fingerprint density at radius 3 is 2.60 bits per heavy atom. The van der Waals surface area contributed by atoms with Crippen LogP contribution in [0.1, 0.15) is 50.9 Å². The highest BCUT2D eigenvalue weighted by molar-refractivity contribution is 7.13. The monoisotopic (exact) mass is 357 g/mol. The third-order valence-corrected chi connectivity index (χ3v) is 6.01. The van der Waals surface area contributed by atoms with Gasteiger partial charge in [-0.3, -0.25) is 9.69 Å². The van der Waals surface area contributed by atoms with E-state index in [1.165, 1.54) is 10.4 Å². The smallest absolute Gasteiger partial charge is 0.237 e. The summed E-state index contributed by atoms with van der Waals surface area (Å²) in [5, 5.41) is 3.20. The van der Waals surface area contributed by atoms with E-state index in [4.69, 9.17) is 0 Å². The first kappa shape index (κ1) is 18.1. The minimum Gasteiger partial charge on any atom is -0.348 e. The number of carbonyl (C=O) groups is 1. The Morgan fingerprint density at radius 2 is 2.00 bits per heavy atom. The van der Waals surface area contributed by atoms with Gasteiger partial charge in [-0.15, -0.1) is 11.3 Å². The fourth-order valence-corrected chi connectivity index (χ4v) is 4.40. The molecule has 1 aromatic carbocycles. The molecule has 25 heavy (non-hydrogen) atoms. The molecule has 3 rings (SSSR count). The summed E-state index contributed by atoms with van der Waals surface area (Å²) in [6.07, 6.45) is 2.06. The number of carbonyl (C=O) groups excluding carboxylic acids is 1. The SMILES string of the molecule is Cc1ncsc1-c1ccc(C(C)NC(=O)[C@@H]2CCCN2C(C)C)cc1. The van der Waals surface area contributed by atoms with Crippen molar-refractivity contribution >= 4 is 17.2 Å². The van der Waals surface area contributed by atoms with Gasteiger partial charge in [-0.25, -0.2) is 4.98 Å². The molecule has 134 valence electrons. The maximum atomic E-state index is 12.7. The van der Waals surface area contributed by atoms with Crippen LogP contribution in [0.25, 0.3) is 10.4 Å². The van der Waals surface area contributed by atoms with Crippen LogP contribution in [0.5, 0.6) is 0 Å². The van der Waals surface area contributed by atoms with Gasteiger partial charge in [0.25, 0.3) is 0 Å². The van der Waals surface area contributed by atoms with Crippen molar-refractivity contribution in [3.8, 4) is 10.4 Å². The topological polar surface area (TPSA) is 45.2 Å². The predicted molar refractivity (Wildman–Crippen MR) is 104 cm³/mol. The van der Waals surface area contributed by atoms with Gasteiger partial charge in [0.05, 0.1) is 28.2 Å². The van der Waals surface area contributed by atoms with Crippen molar-refractivity contribution in [3.05, 3.63) is 41.0 Å². The molecule has 1 aromatic heterocycles. The summed E-state index contributed by atoms with van der Waals surface area (Å²) in [5.74, 6) is 0.154. The molecule has 0 aliphatic carbocycles. The summed E-state index contributed by atoms with van der Waals surface area (Å²) in [4.78, 5) is 20.5. The van der Waals surface area contributed by atoms with E-state index >= 15 is 0 Å². The van der Waals surface area contributed by atoms with E-state index in [0.717, 1.165) is 30.6 Å². The normalized spacial score (nSPS) is 19.3.